The number of carbonyl (C=O) groups excluding carboxylic acids is 1. The van der Waals surface area contributed by atoms with Crippen LogP contribution in [-0.2, 0) is 13.1 Å². The number of aromatic nitrogens is 4. The summed E-state index contributed by atoms with van der Waals surface area (Å²) >= 11 is 0. The van der Waals surface area contributed by atoms with E-state index in [2.05, 4.69) is 15.2 Å². The number of methoxy groups -OCH3 is 1. The van der Waals surface area contributed by atoms with E-state index in [0.717, 1.165) is 17.5 Å². The molecular formula is C19H18FN5O2. The molecule has 0 radical (unpaired) electrons. The molecule has 0 N–H and O–H groups in total. The largest absolute Gasteiger partial charge is 0.497 e. The molecule has 7 nitrogen and oxygen atoms in total. The lowest BCUT2D eigenvalue weighted by atomic mass is 10.1. The smallest absolute Gasteiger partial charge is 0.292 e. The third-order valence-electron chi connectivity index (χ3n) is 4.65. The number of ether oxygens (including phenoxy) is 1. The van der Waals surface area contributed by atoms with E-state index in [1.807, 2.05) is 31.2 Å². The highest BCUT2D eigenvalue weighted by atomic mass is 19.1. The Bertz CT molecular complexity index is 969. The van der Waals surface area contributed by atoms with Gasteiger partial charge in [-0.05, 0) is 36.8 Å². The normalized spacial score (nSPS) is 16.3. The van der Waals surface area contributed by atoms with Gasteiger partial charge in [0.1, 0.15) is 17.3 Å². The molecular weight excluding hydrogens is 349 g/mol. The van der Waals surface area contributed by atoms with Crippen molar-refractivity contribution in [2.24, 2.45) is 0 Å². The summed E-state index contributed by atoms with van der Waals surface area (Å²) in [5, 5.41) is 8.17. The van der Waals surface area contributed by atoms with Crippen LogP contribution in [0.2, 0.25) is 0 Å². The molecule has 2 aromatic heterocycles. The predicted octanol–water partition coefficient (Wildman–Crippen LogP) is 2.53. The van der Waals surface area contributed by atoms with Crippen molar-refractivity contribution >= 4 is 5.91 Å². The summed E-state index contributed by atoms with van der Waals surface area (Å²) in [4.78, 5) is 18.8. The summed E-state index contributed by atoms with van der Waals surface area (Å²) in [5.41, 5.74) is 1.49. The Morgan fingerprint density at radius 1 is 1.15 bits per heavy atom. The number of benzene rings is 1. The van der Waals surface area contributed by atoms with Crippen molar-refractivity contribution in [1.29, 1.82) is 0 Å². The van der Waals surface area contributed by atoms with E-state index < -0.39 is 5.82 Å². The maximum Gasteiger partial charge on any atom is 0.292 e. The Hall–Kier alpha value is -3.29. The second-order valence-electron chi connectivity index (χ2n) is 6.45. The molecule has 1 amide bonds. The van der Waals surface area contributed by atoms with Crippen molar-refractivity contribution in [2.75, 3.05) is 7.11 Å². The van der Waals surface area contributed by atoms with Gasteiger partial charge in [0.05, 0.1) is 13.3 Å². The Kier molecular flexibility index (Phi) is 4.31. The first kappa shape index (κ1) is 17.1. The minimum Gasteiger partial charge on any atom is -0.497 e. The van der Waals surface area contributed by atoms with Gasteiger partial charge in [-0.1, -0.05) is 12.1 Å². The summed E-state index contributed by atoms with van der Waals surface area (Å²) in [6.45, 7) is 2.99. The van der Waals surface area contributed by atoms with Crippen LogP contribution in [0.4, 0.5) is 4.39 Å². The van der Waals surface area contributed by atoms with Crippen LogP contribution in [0.3, 0.4) is 0 Å². The molecule has 27 heavy (non-hydrogen) atoms. The lowest BCUT2D eigenvalue weighted by Gasteiger charge is -2.33. The quantitative estimate of drug-likeness (QED) is 0.709. The second kappa shape index (κ2) is 6.79. The molecule has 0 saturated carbocycles. The van der Waals surface area contributed by atoms with E-state index in [4.69, 9.17) is 4.74 Å². The molecule has 3 heterocycles. The molecule has 0 saturated heterocycles. The number of amides is 1. The fourth-order valence-corrected chi connectivity index (χ4v) is 3.18. The van der Waals surface area contributed by atoms with Gasteiger partial charge in [-0.2, -0.15) is 0 Å². The van der Waals surface area contributed by atoms with E-state index in [9.17, 15) is 9.18 Å². The number of hydrogen-bond donors (Lipinski definition) is 0. The van der Waals surface area contributed by atoms with Crippen LogP contribution < -0.4 is 4.74 Å². The van der Waals surface area contributed by atoms with Crippen LogP contribution in [0.5, 0.6) is 5.75 Å². The van der Waals surface area contributed by atoms with Gasteiger partial charge in [0, 0.05) is 19.1 Å². The molecule has 1 unspecified atom stereocenters. The summed E-state index contributed by atoms with van der Waals surface area (Å²) in [5.74, 6) is 0.891. The van der Waals surface area contributed by atoms with E-state index in [0.29, 0.717) is 24.6 Å². The zero-order valence-corrected chi connectivity index (χ0v) is 15.0. The molecule has 1 aliphatic rings. The van der Waals surface area contributed by atoms with Crippen molar-refractivity contribution in [1.82, 2.24) is 24.6 Å². The first-order chi connectivity index (χ1) is 13.1. The van der Waals surface area contributed by atoms with E-state index in [-0.39, 0.29) is 17.8 Å². The third-order valence-corrected chi connectivity index (χ3v) is 4.65. The molecule has 0 bridgehead atoms. The minimum atomic E-state index is -0.424. The zero-order chi connectivity index (χ0) is 19.0. The molecule has 0 fully saturated rings. The standard InChI is InChI=1S/C19H18FN5O2/c1-12-10-25-17(16-8-5-14(20)9-21-16)22-23-18(25)19(26)24(12)11-13-3-6-15(27-2)7-4-13/h3-9,12H,10-11H2,1-2H3. The van der Waals surface area contributed by atoms with Gasteiger partial charge < -0.3 is 9.64 Å². The number of rotatable bonds is 4. The average Bonchev–Trinajstić information content (AvgIpc) is 3.10. The monoisotopic (exact) mass is 367 g/mol. The molecule has 4 rings (SSSR count). The molecule has 0 aliphatic carbocycles. The first-order valence-corrected chi connectivity index (χ1v) is 8.56. The van der Waals surface area contributed by atoms with Crippen molar-refractivity contribution in [3.05, 3.63) is 59.8 Å². The maximum absolute atomic E-state index is 13.1. The lowest BCUT2D eigenvalue weighted by molar-refractivity contribution is 0.0588. The molecule has 3 aromatic rings. The fourth-order valence-electron chi connectivity index (χ4n) is 3.18. The Labute approximate surface area is 155 Å². The molecule has 1 aliphatic heterocycles. The van der Waals surface area contributed by atoms with Crippen molar-refractivity contribution in [2.45, 2.75) is 26.1 Å². The highest BCUT2D eigenvalue weighted by molar-refractivity contribution is 5.92. The summed E-state index contributed by atoms with van der Waals surface area (Å²) in [6, 6.07) is 10.4. The number of halogens is 1. The van der Waals surface area contributed by atoms with Gasteiger partial charge in [0.25, 0.3) is 5.91 Å². The first-order valence-electron chi connectivity index (χ1n) is 8.56. The van der Waals surface area contributed by atoms with Gasteiger partial charge in [-0.15, -0.1) is 10.2 Å². The summed E-state index contributed by atoms with van der Waals surface area (Å²) in [7, 11) is 1.62. The van der Waals surface area contributed by atoms with Crippen LogP contribution in [-0.4, -0.2) is 43.7 Å². The molecule has 1 atom stereocenters. The van der Waals surface area contributed by atoms with Crippen molar-refractivity contribution in [3.63, 3.8) is 0 Å². The third kappa shape index (κ3) is 3.14. The van der Waals surface area contributed by atoms with Gasteiger partial charge in [-0.25, -0.2) is 9.37 Å². The lowest BCUT2D eigenvalue weighted by Crippen LogP contribution is -2.46. The average molecular weight is 367 g/mol. The summed E-state index contributed by atoms with van der Waals surface area (Å²) < 4.78 is 20.0. The molecule has 1 aromatic carbocycles. The van der Waals surface area contributed by atoms with Crippen molar-refractivity contribution < 1.29 is 13.9 Å². The second-order valence-corrected chi connectivity index (χ2v) is 6.45. The Balaban J connectivity index is 1.61. The highest BCUT2D eigenvalue weighted by Crippen LogP contribution is 2.25. The molecule has 8 heteroatoms. The summed E-state index contributed by atoms with van der Waals surface area (Å²) in [6.07, 6.45) is 1.13. The van der Waals surface area contributed by atoms with Gasteiger partial charge in [0.15, 0.2) is 5.82 Å². The van der Waals surface area contributed by atoms with Crippen LogP contribution in [0.15, 0.2) is 42.6 Å². The zero-order valence-electron chi connectivity index (χ0n) is 15.0. The predicted molar refractivity (Wildman–Crippen MR) is 95.5 cm³/mol. The van der Waals surface area contributed by atoms with E-state index in [1.54, 1.807) is 16.6 Å². The number of hydrogen-bond acceptors (Lipinski definition) is 5. The maximum atomic E-state index is 13.1. The fraction of sp³-hybridized carbons (Fsp3) is 0.263. The van der Waals surface area contributed by atoms with Crippen LogP contribution >= 0.6 is 0 Å². The highest BCUT2D eigenvalue weighted by Gasteiger charge is 2.34. The van der Waals surface area contributed by atoms with Gasteiger partial charge >= 0.3 is 0 Å². The molecule has 0 spiro atoms. The van der Waals surface area contributed by atoms with Crippen LogP contribution in [0, 0.1) is 5.82 Å². The Morgan fingerprint density at radius 3 is 2.56 bits per heavy atom. The van der Waals surface area contributed by atoms with Crippen LogP contribution in [0.1, 0.15) is 23.1 Å². The van der Waals surface area contributed by atoms with E-state index >= 15 is 0 Å². The number of fused-ring (bicyclic) bond motifs is 1. The van der Waals surface area contributed by atoms with Gasteiger partial charge in [0.2, 0.25) is 5.82 Å². The van der Waals surface area contributed by atoms with E-state index in [1.165, 1.54) is 12.1 Å². The SMILES string of the molecule is COc1ccc(CN2C(=O)c3nnc(-c4ccc(F)cn4)n3CC2C)cc1. The number of nitrogens with zero attached hydrogens (tertiary/aromatic N) is 5. The Morgan fingerprint density at radius 2 is 1.89 bits per heavy atom. The number of carbonyl (C=O) groups is 1. The van der Waals surface area contributed by atoms with Gasteiger partial charge in [-0.3, -0.25) is 9.36 Å². The number of pyridine rings is 1. The minimum absolute atomic E-state index is 0.0534. The topological polar surface area (TPSA) is 73.1 Å². The van der Waals surface area contributed by atoms with Crippen molar-refractivity contribution in [3.8, 4) is 17.3 Å². The molecule has 138 valence electrons. The van der Waals surface area contributed by atoms with Crippen LogP contribution in [0.25, 0.3) is 11.5 Å².